The highest BCUT2D eigenvalue weighted by molar-refractivity contribution is 8.02. The summed E-state index contributed by atoms with van der Waals surface area (Å²) in [6.45, 7) is 0.279. The Morgan fingerprint density at radius 1 is 1.35 bits per heavy atom. The SMILES string of the molecule is COCC1=C(SCc2ccccc2F)C2C(=O)N(C)C(=O)[N+](C)=C2N=C1. The normalized spacial score (nSPS) is 20.2. The molecule has 8 heteroatoms. The number of hydrogen-bond donors (Lipinski definition) is 0. The van der Waals surface area contributed by atoms with Gasteiger partial charge < -0.3 is 4.74 Å². The minimum absolute atomic E-state index is 0.279. The summed E-state index contributed by atoms with van der Waals surface area (Å²) in [5, 5.41) is 0. The van der Waals surface area contributed by atoms with Gasteiger partial charge in [0.25, 0.3) is 5.84 Å². The number of ether oxygens (including phenoxy) is 1. The van der Waals surface area contributed by atoms with Crippen molar-refractivity contribution >= 4 is 35.8 Å². The molecule has 0 saturated carbocycles. The molecule has 0 radical (unpaired) electrons. The Bertz CT molecular complexity index is 863. The zero-order valence-corrected chi connectivity index (χ0v) is 15.5. The molecule has 2 aliphatic heterocycles. The monoisotopic (exact) mass is 376 g/mol. The third-order valence-corrected chi connectivity index (χ3v) is 5.59. The number of nitrogens with zero attached hydrogens (tertiary/aromatic N) is 3. The topological polar surface area (TPSA) is 62.0 Å². The van der Waals surface area contributed by atoms with Crippen LogP contribution < -0.4 is 0 Å². The summed E-state index contributed by atoms with van der Waals surface area (Å²) in [4.78, 5) is 31.1. The average molecular weight is 376 g/mol. The number of fused-ring (bicyclic) bond motifs is 1. The fourth-order valence-electron chi connectivity index (χ4n) is 2.91. The van der Waals surface area contributed by atoms with Gasteiger partial charge in [-0.25, -0.2) is 9.18 Å². The number of benzene rings is 1. The molecular weight excluding hydrogens is 357 g/mol. The van der Waals surface area contributed by atoms with Gasteiger partial charge in [0.1, 0.15) is 12.0 Å². The number of rotatable bonds is 5. The lowest BCUT2D eigenvalue weighted by Crippen LogP contribution is -2.52. The number of halogens is 1. The predicted molar refractivity (Wildman–Crippen MR) is 97.9 cm³/mol. The fraction of sp³-hybridized carbons (Fsp3) is 0.333. The number of hydrogen-bond acceptors (Lipinski definition) is 5. The highest BCUT2D eigenvalue weighted by atomic mass is 32.2. The maximum absolute atomic E-state index is 14.0. The average Bonchev–Trinajstić information content (AvgIpc) is 2.64. The summed E-state index contributed by atoms with van der Waals surface area (Å²) in [7, 11) is 4.60. The van der Waals surface area contributed by atoms with Gasteiger partial charge in [-0.2, -0.15) is 9.48 Å². The van der Waals surface area contributed by atoms with Gasteiger partial charge in [0.15, 0.2) is 5.92 Å². The van der Waals surface area contributed by atoms with E-state index >= 15 is 0 Å². The number of urea groups is 1. The van der Waals surface area contributed by atoms with Gasteiger partial charge in [0, 0.05) is 23.3 Å². The van der Waals surface area contributed by atoms with Crippen LogP contribution in [0.15, 0.2) is 39.7 Å². The Kier molecular flexibility index (Phi) is 5.33. The lowest BCUT2D eigenvalue weighted by atomic mass is 9.98. The largest absolute Gasteiger partial charge is 0.445 e. The van der Waals surface area contributed by atoms with Crippen molar-refractivity contribution in [3.05, 3.63) is 46.1 Å². The van der Waals surface area contributed by atoms with Gasteiger partial charge in [0.2, 0.25) is 0 Å². The van der Waals surface area contributed by atoms with E-state index in [2.05, 4.69) is 4.99 Å². The molecule has 2 aliphatic rings. The molecule has 0 N–H and O–H groups in total. The summed E-state index contributed by atoms with van der Waals surface area (Å²) in [5.74, 6) is -0.572. The second-order valence-corrected chi connectivity index (χ2v) is 7.01. The van der Waals surface area contributed by atoms with Crippen molar-refractivity contribution < 1.29 is 23.3 Å². The first-order valence-corrected chi connectivity index (χ1v) is 8.98. The van der Waals surface area contributed by atoms with Gasteiger partial charge in [0.05, 0.1) is 20.7 Å². The molecule has 0 aliphatic carbocycles. The van der Waals surface area contributed by atoms with E-state index in [4.69, 9.17) is 4.74 Å². The second kappa shape index (κ2) is 7.51. The van der Waals surface area contributed by atoms with Crippen LogP contribution in [0.1, 0.15) is 5.56 Å². The molecule has 3 amide bonds. The first kappa shape index (κ1) is 18.5. The Hall–Kier alpha value is -2.32. The molecule has 0 bridgehead atoms. The van der Waals surface area contributed by atoms with Crippen molar-refractivity contribution in [3.63, 3.8) is 0 Å². The summed E-state index contributed by atoms with van der Waals surface area (Å²) in [5.41, 5.74) is 1.30. The summed E-state index contributed by atoms with van der Waals surface area (Å²) in [6, 6.07) is 6.11. The van der Waals surface area contributed by atoms with Crippen molar-refractivity contribution in [2.45, 2.75) is 5.75 Å². The van der Waals surface area contributed by atoms with Crippen LogP contribution >= 0.6 is 11.8 Å². The maximum atomic E-state index is 14.0. The number of carbonyl (C=O) groups excluding carboxylic acids is 2. The van der Waals surface area contributed by atoms with Crippen molar-refractivity contribution in [2.75, 3.05) is 27.8 Å². The van der Waals surface area contributed by atoms with Crippen LogP contribution in [-0.2, 0) is 15.3 Å². The number of amides is 3. The number of carbonyl (C=O) groups is 2. The van der Waals surface area contributed by atoms with E-state index in [-0.39, 0.29) is 18.3 Å². The molecule has 6 nitrogen and oxygen atoms in total. The zero-order chi connectivity index (χ0) is 18.8. The predicted octanol–water partition coefficient (Wildman–Crippen LogP) is 2.29. The molecule has 1 aromatic carbocycles. The highest BCUT2D eigenvalue weighted by Gasteiger charge is 2.48. The number of methoxy groups -OCH3 is 1. The van der Waals surface area contributed by atoms with Gasteiger partial charge in [-0.05, 0) is 11.6 Å². The van der Waals surface area contributed by atoms with Crippen molar-refractivity contribution in [1.82, 2.24) is 4.90 Å². The Morgan fingerprint density at radius 2 is 2.08 bits per heavy atom. The van der Waals surface area contributed by atoms with Gasteiger partial charge >= 0.3 is 11.9 Å². The summed E-state index contributed by atoms with van der Waals surface area (Å²) in [6.07, 6.45) is 1.61. The maximum Gasteiger partial charge on any atom is 0.445 e. The van der Waals surface area contributed by atoms with Crippen LogP contribution in [0.25, 0.3) is 0 Å². The van der Waals surface area contributed by atoms with Crippen LogP contribution in [0, 0.1) is 11.7 Å². The van der Waals surface area contributed by atoms with E-state index in [1.54, 1.807) is 38.6 Å². The van der Waals surface area contributed by atoms with Crippen molar-refractivity contribution in [3.8, 4) is 0 Å². The first-order chi connectivity index (χ1) is 12.5. The minimum atomic E-state index is -0.686. The molecule has 0 fully saturated rings. The number of aliphatic imine (C=N–C) groups is 1. The lowest BCUT2D eigenvalue weighted by Gasteiger charge is -2.28. The number of imide groups is 1. The lowest BCUT2D eigenvalue weighted by molar-refractivity contribution is -0.407. The molecular formula is C18H19FN3O3S+. The molecule has 0 spiro atoms. The van der Waals surface area contributed by atoms with Crippen LogP contribution in [0.4, 0.5) is 9.18 Å². The van der Waals surface area contributed by atoms with Crippen LogP contribution in [0.2, 0.25) is 0 Å². The van der Waals surface area contributed by atoms with E-state index in [9.17, 15) is 14.0 Å². The summed E-state index contributed by atoms with van der Waals surface area (Å²) >= 11 is 1.37. The van der Waals surface area contributed by atoms with Crippen molar-refractivity contribution in [1.29, 1.82) is 0 Å². The standard InChI is InChI=1S/C18H19FN3O3S/c1-21-16-14(17(23)22(2)18(21)24)15(12(8-20-16)9-25-3)26-10-11-6-4-5-7-13(11)19/h4-8,14H,9-10H2,1-3H3/q+1. The van der Waals surface area contributed by atoms with Crippen molar-refractivity contribution in [2.24, 2.45) is 10.9 Å². The fourth-order valence-corrected chi connectivity index (χ4v) is 4.12. The summed E-state index contributed by atoms with van der Waals surface area (Å²) < 4.78 is 20.6. The molecule has 1 aromatic rings. The zero-order valence-electron chi connectivity index (χ0n) is 14.7. The molecule has 0 aromatic heterocycles. The van der Waals surface area contributed by atoms with Gasteiger partial charge in [-0.15, -0.1) is 16.8 Å². The number of dihydropyridines is 1. The minimum Gasteiger partial charge on any atom is -0.380 e. The van der Waals surface area contributed by atoms with E-state index in [0.29, 0.717) is 17.2 Å². The van der Waals surface area contributed by atoms with E-state index in [1.807, 2.05) is 0 Å². The number of amidine groups is 1. The molecule has 2 heterocycles. The van der Waals surface area contributed by atoms with Crippen LogP contribution in [-0.4, -0.2) is 61.3 Å². The quantitative estimate of drug-likeness (QED) is 0.740. The van der Waals surface area contributed by atoms with Crippen LogP contribution in [0.3, 0.4) is 0 Å². The Morgan fingerprint density at radius 3 is 2.77 bits per heavy atom. The first-order valence-electron chi connectivity index (χ1n) is 8.00. The third kappa shape index (κ3) is 3.22. The highest BCUT2D eigenvalue weighted by Crippen LogP contribution is 2.36. The molecule has 1 unspecified atom stereocenters. The van der Waals surface area contributed by atoms with E-state index < -0.39 is 11.9 Å². The third-order valence-electron chi connectivity index (χ3n) is 4.33. The molecule has 136 valence electrons. The second-order valence-electron chi connectivity index (χ2n) is 5.99. The van der Waals surface area contributed by atoms with Gasteiger partial charge in [-0.3, -0.25) is 4.79 Å². The molecule has 1 atom stereocenters. The van der Waals surface area contributed by atoms with E-state index in [0.717, 1.165) is 15.4 Å². The van der Waals surface area contributed by atoms with Crippen LogP contribution in [0.5, 0.6) is 0 Å². The number of thioether (sulfide) groups is 1. The van der Waals surface area contributed by atoms with E-state index in [1.165, 1.54) is 29.5 Å². The Labute approximate surface area is 155 Å². The molecule has 3 rings (SSSR count). The smallest absolute Gasteiger partial charge is 0.380 e. The van der Waals surface area contributed by atoms with Gasteiger partial charge in [-0.1, -0.05) is 18.2 Å². The molecule has 26 heavy (non-hydrogen) atoms. The Balaban J connectivity index is 2.00. The molecule has 0 saturated heterocycles.